The van der Waals surface area contributed by atoms with Crippen molar-refractivity contribution in [3.05, 3.63) is 0 Å². The second-order valence-corrected chi connectivity index (χ2v) is 4.99. The third-order valence-electron chi connectivity index (χ3n) is 3.67. The predicted molar refractivity (Wildman–Crippen MR) is 56.0 cm³/mol. The SMILES string of the molecule is CC(C)C1CN2C(=O)CCC2CN1C. The molecule has 80 valence electrons. The van der Waals surface area contributed by atoms with E-state index in [9.17, 15) is 4.79 Å². The zero-order valence-electron chi connectivity index (χ0n) is 9.36. The molecule has 2 unspecified atom stereocenters. The molecule has 14 heavy (non-hydrogen) atoms. The molecule has 2 heterocycles. The highest BCUT2D eigenvalue weighted by molar-refractivity contribution is 5.79. The highest BCUT2D eigenvalue weighted by Crippen LogP contribution is 2.27. The monoisotopic (exact) mass is 196 g/mol. The summed E-state index contributed by atoms with van der Waals surface area (Å²) in [6, 6.07) is 1.05. The summed E-state index contributed by atoms with van der Waals surface area (Å²) in [5.74, 6) is 1.00. The maximum Gasteiger partial charge on any atom is 0.222 e. The van der Waals surface area contributed by atoms with E-state index in [1.54, 1.807) is 0 Å². The summed E-state index contributed by atoms with van der Waals surface area (Å²) in [4.78, 5) is 16.1. The number of nitrogens with zero attached hydrogens (tertiary/aromatic N) is 2. The van der Waals surface area contributed by atoms with Crippen LogP contribution >= 0.6 is 0 Å². The predicted octanol–water partition coefficient (Wildman–Crippen LogP) is 0.947. The van der Waals surface area contributed by atoms with Crippen LogP contribution in [-0.2, 0) is 4.79 Å². The third kappa shape index (κ3) is 1.54. The Morgan fingerprint density at radius 2 is 2.07 bits per heavy atom. The Kier molecular flexibility index (Phi) is 2.52. The van der Waals surface area contributed by atoms with E-state index in [0.29, 0.717) is 23.9 Å². The molecule has 2 saturated heterocycles. The fraction of sp³-hybridized carbons (Fsp3) is 0.909. The van der Waals surface area contributed by atoms with Crippen LogP contribution in [0.15, 0.2) is 0 Å². The number of carbonyl (C=O) groups is 1. The first-order valence-corrected chi connectivity index (χ1v) is 5.59. The van der Waals surface area contributed by atoms with Gasteiger partial charge in [-0.3, -0.25) is 9.69 Å². The molecule has 0 radical (unpaired) electrons. The van der Waals surface area contributed by atoms with Gasteiger partial charge in [-0.05, 0) is 19.4 Å². The van der Waals surface area contributed by atoms with Crippen LogP contribution in [0.1, 0.15) is 26.7 Å². The summed E-state index contributed by atoms with van der Waals surface area (Å²) in [6.07, 6.45) is 1.83. The van der Waals surface area contributed by atoms with Gasteiger partial charge in [-0.1, -0.05) is 13.8 Å². The van der Waals surface area contributed by atoms with Gasteiger partial charge in [0, 0.05) is 31.6 Å². The molecule has 0 aliphatic carbocycles. The van der Waals surface area contributed by atoms with Crippen LogP contribution in [0.5, 0.6) is 0 Å². The Labute approximate surface area is 86.1 Å². The Morgan fingerprint density at radius 3 is 2.71 bits per heavy atom. The van der Waals surface area contributed by atoms with Crippen molar-refractivity contribution in [2.45, 2.75) is 38.8 Å². The summed E-state index contributed by atoms with van der Waals surface area (Å²) in [6.45, 7) is 6.48. The van der Waals surface area contributed by atoms with Gasteiger partial charge in [-0.25, -0.2) is 0 Å². The van der Waals surface area contributed by atoms with Crippen molar-refractivity contribution in [3.63, 3.8) is 0 Å². The smallest absolute Gasteiger partial charge is 0.222 e. The van der Waals surface area contributed by atoms with Gasteiger partial charge in [0.25, 0.3) is 0 Å². The molecule has 1 amide bonds. The molecule has 3 heteroatoms. The quantitative estimate of drug-likeness (QED) is 0.623. The van der Waals surface area contributed by atoms with Gasteiger partial charge in [-0.2, -0.15) is 0 Å². The van der Waals surface area contributed by atoms with Crippen LogP contribution in [0.2, 0.25) is 0 Å². The van der Waals surface area contributed by atoms with Crippen molar-refractivity contribution in [2.24, 2.45) is 5.92 Å². The molecule has 0 aromatic carbocycles. The Morgan fingerprint density at radius 1 is 1.36 bits per heavy atom. The largest absolute Gasteiger partial charge is 0.337 e. The first-order valence-electron chi connectivity index (χ1n) is 5.59. The minimum atomic E-state index is 0.369. The van der Waals surface area contributed by atoms with Gasteiger partial charge in [0.1, 0.15) is 0 Å². The first-order chi connectivity index (χ1) is 6.59. The second-order valence-electron chi connectivity index (χ2n) is 4.99. The highest BCUT2D eigenvalue weighted by atomic mass is 16.2. The molecule has 2 fully saturated rings. The molecule has 2 atom stereocenters. The number of likely N-dealkylation sites (N-methyl/N-ethyl adjacent to an activating group) is 1. The zero-order chi connectivity index (χ0) is 10.3. The normalized spacial score (nSPS) is 34.0. The zero-order valence-corrected chi connectivity index (χ0v) is 9.36. The molecule has 2 aliphatic rings. The first kappa shape index (κ1) is 9.97. The van der Waals surface area contributed by atoms with Crippen molar-refractivity contribution in [3.8, 4) is 0 Å². The van der Waals surface area contributed by atoms with Crippen molar-refractivity contribution in [1.29, 1.82) is 0 Å². The standard InChI is InChI=1S/C11H20N2O/c1-8(2)10-7-13-9(6-12(10)3)4-5-11(13)14/h8-10H,4-7H2,1-3H3. The van der Waals surface area contributed by atoms with Gasteiger partial charge in [0.2, 0.25) is 5.91 Å². The Hall–Kier alpha value is -0.570. The molecule has 0 aromatic heterocycles. The number of hydrogen-bond acceptors (Lipinski definition) is 2. The number of fused-ring (bicyclic) bond motifs is 1. The molecule has 0 bridgehead atoms. The lowest BCUT2D eigenvalue weighted by molar-refractivity contribution is -0.132. The van der Waals surface area contributed by atoms with Gasteiger partial charge in [-0.15, -0.1) is 0 Å². The van der Waals surface area contributed by atoms with Gasteiger partial charge in [0.15, 0.2) is 0 Å². The molecule has 0 spiro atoms. The maximum atomic E-state index is 11.6. The number of hydrogen-bond donors (Lipinski definition) is 0. The lowest BCUT2D eigenvalue weighted by atomic mass is 9.98. The molecular weight excluding hydrogens is 176 g/mol. The highest BCUT2D eigenvalue weighted by Gasteiger charge is 2.39. The van der Waals surface area contributed by atoms with E-state index in [1.165, 1.54) is 0 Å². The number of rotatable bonds is 1. The van der Waals surface area contributed by atoms with E-state index in [4.69, 9.17) is 0 Å². The topological polar surface area (TPSA) is 23.6 Å². The molecule has 2 aliphatic heterocycles. The molecule has 0 aromatic rings. The third-order valence-corrected chi connectivity index (χ3v) is 3.67. The van der Waals surface area contributed by atoms with Crippen LogP contribution in [0.3, 0.4) is 0 Å². The minimum absolute atomic E-state index is 0.369. The van der Waals surface area contributed by atoms with E-state index in [0.717, 1.165) is 25.9 Å². The van der Waals surface area contributed by atoms with Crippen LogP contribution in [-0.4, -0.2) is 47.9 Å². The van der Waals surface area contributed by atoms with Crippen LogP contribution in [0, 0.1) is 5.92 Å². The fourth-order valence-corrected chi connectivity index (χ4v) is 2.76. The minimum Gasteiger partial charge on any atom is -0.337 e. The summed E-state index contributed by atoms with van der Waals surface area (Å²) in [7, 11) is 2.19. The van der Waals surface area contributed by atoms with Gasteiger partial charge >= 0.3 is 0 Å². The van der Waals surface area contributed by atoms with E-state index in [2.05, 4.69) is 30.7 Å². The number of piperazine rings is 1. The summed E-state index contributed by atoms with van der Waals surface area (Å²) >= 11 is 0. The van der Waals surface area contributed by atoms with E-state index >= 15 is 0 Å². The molecule has 0 N–H and O–H groups in total. The number of carbonyl (C=O) groups excluding carboxylic acids is 1. The number of amides is 1. The second kappa shape index (κ2) is 3.54. The van der Waals surface area contributed by atoms with Gasteiger partial charge in [0.05, 0.1) is 0 Å². The molecule has 0 saturated carbocycles. The molecule has 3 nitrogen and oxygen atoms in total. The summed E-state index contributed by atoms with van der Waals surface area (Å²) < 4.78 is 0. The average Bonchev–Trinajstić information content (AvgIpc) is 2.46. The Bertz CT molecular complexity index is 239. The average molecular weight is 196 g/mol. The summed E-state index contributed by atoms with van der Waals surface area (Å²) in [5, 5.41) is 0. The van der Waals surface area contributed by atoms with Gasteiger partial charge < -0.3 is 4.90 Å². The van der Waals surface area contributed by atoms with Crippen molar-refractivity contribution >= 4 is 5.91 Å². The van der Waals surface area contributed by atoms with Crippen LogP contribution in [0.4, 0.5) is 0 Å². The van der Waals surface area contributed by atoms with Crippen molar-refractivity contribution in [1.82, 2.24) is 9.80 Å². The van der Waals surface area contributed by atoms with Crippen LogP contribution < -0.4 is 0 Å². The summed E-state index contributed by atoms with van der Waals surface area (Å²) in [5.41, 5.74) is 0. The van der Waals surface area contributed by atoms with E-state index in [-0.39, 0.29) is 0 Å². The lowest BCUT2D eigenvalue weighted by Gasteiger charge is -2.43. The van der Waals surface area contributed by atoms with E-state index in [1.807, 2.05) is 0 Å². The maximum absolute atomic E-state index is 11.6. The van der Waals surface area contributed by atoms with Crippen molar-refractivity contribution < 1.29 is 4.79 Å². The molecule has 2 rings (SSSR count). The van der Waals surface area contributed by atoms with Crippen LogP contribution in [0.25, 0.3) is 0 Å². The Balaban J connectivity index is 2.09. The van der Waals surface area contributed by atoms with E-state index < -0.39 is 0 Å². The van der Waals surface area contributed by atoms with Crippen molar-refractivity contribution in [2.75, 3.05) is 20.1 Å². The lowest BCUT2D eigenvalue weighted by Crippen LogP contribution is -2.57. The fourth-order valence-electron chi connectivity index (χ4n) is 2.76. The molecular formula is C11H20N2O.